The summed E-state index contributed by atoms with van der Waals surface area (Å²) in [5.74, 6) is 1.52. The molecular weight excluding hydrogens is 670 g/mol. The van der Waals surface area contributed by atoms with E-state index in [9.17, 15) is 19.8 Å². The maximum absolute atomic E-state index is 14.3. The predicted molar refractivity (Wildman–Crippen MR) is 210 cm³/mol. The molecule has 0 aromatic heterocycles. The van der Waals surface area contributed by atoms with Gasteiger partial charge in [-0.2, -0.15) is 5.06 Å². The zero-order valence-electron chi connectivity index (χ0n) is 33.8. The van der Waals surface area contributed by atoms with Crippen molar-refractivity contribution in [3.8, 4) is 16.9 Å². The summed E-state index contributed by atoms with van der Waals surface area (Å²) in [6.07, 6.45) is 1.36. The molecule has 1 aliphatic heterocycles. The topological polar surface area (TPSA) is 127 Å². The first kappa shape index (κ1) is 41.0. The number of carbonyl (C=O) groups excluding carboxylic acids is 2. The van der Waals surface area contributed by atoms with Crippen molar-refractivity contribution in [2.45, 2.75) is 97.7 Å². The number of aliphatic hydroxyl groups is 2. The molecule has 4 N–H and O–H groups in total. The Morgan fingerprint density at radius 3 is 2.38 bits per heavy atom. The minimum absolute atomic E-state index is 0.000458. The van der Waals surface area contributed by atoms with Crippen molar-refractivity contribution in [2.75, 3.05) is 53.4 Å². The Balaban J connectivity index is 1.45. The lowest BCUT2D eigenvalue weighted by Gasteiger charge is -2.62. The van der Waals surface area contributed by atoms with Gasteiger partial charge in [0.25, 0.3) is 5.91 Å². The van der Waals surface area contributed by atoms with Crippen LogP contribution in [-0.4, -0.2) is 111 Å². The van der Waals surface area contributed by atoms with Crippen molar-refractivity contribution in [2.24, 2.45) is 35.0 Å². The van der Waals surface area contributed by atoms with Crippen LogP contribution in [0.5, 0.6) is 5.75 Å². The fraction of sp³-hybridized carbons (Fsp3) is 0.667. The van der Waals surface area contributed by atoms with Crippen LogP contribution in [0.3, 0.4) is 0 Å². The number of hydroxylamine groups is 2. The van der Waals surface area contributed by atoms with Crippen molar-refractivity contribution >= 4 is 17.5 Å². The second-order valence-electron chi connectivity index (χ2n) is 17.5. The van der Waals surface area contributed by atoms with Crippen molar-refractivity contribution in [3.63, 3.8) is 0 Å². The lowest BCUT2D eigenvalue weighted by atomic mass is 9.45. The molecule has 11 nitrogen and oxygen atoms in total. The van der Waals surface area contributed by atoms with Gasteiger partial charge in [-0.1, -0.05) is 52.8 Å². The van der Waals surface area contributed by atoms with Gasteiger partial charge in [0, 0.05) is 61.0 Å². The van der Waals surface area contributed by atoms with E-state index in [0.717, 1.165) is 41.8 Å². The van der Waals surface area contributed by atoms with Crippen LogP contribution in [0.15, 0.2) is 36.4 Å². The second-order valence-corrected chi connectivity index (χ2v) is 17.5. The van der Waals surface area contributed by atoms with Gasteiger partial charge in [0.05, 0.1) is 26.4 Å². The molecule has 53 heavy (non-hydrogen) atoms. The standard InChI is InChI=1S/C42H65N5O6/c1-24(2)15-31(22-45(7)8)43-40(50)29-16-28(17-32(18-29)46(9)10)33-14-12-13-27(39(33)52-11)21-47-38(37(26(4)49)36(23-48)53-47)41(51)44-35-20-30-19-34(25(35)3)42(30,5)6/h12-14,16-18,24-26,30-31,34-38,48-49H,15,19-23H2,1-11H3,(H,43,50)(H,44,51)/t25-,26-,30+,31-,34-,35-,36-,37+,38-/m0/s1. The molecule has 1 heterocycles. The fourth-order valence-corrected chi connectivity index (χ4v) is 9.44. The van der Waals surface area contributed by atoms with Crippen LogP contribution in [0.25, 0.3) is 11.1 Å². The molecule has 4 aliphatic rings. The lowest BCUT2D eigenvalue weighted by molar-refractivity contribution is -0.183. The molecular formula is C42H65N5O6. The molecule has 2 bridgehead atoms. The van der Waals surface area contributed by atoms with E-state index in [1.807, 2.05) is 69.5 Å². The van der Waals surface area contributed by atoms with Gasteiger partial charge in [-0.15, -0.1) is 0 Å². The number of methoxy groups -OCH3 is 1. The third-order valence-electron chi connectivity index (χ3n) is 12.4. The third kappa shape index (κ3) is 8.70. The number of benzene rings is 2. The molecule has 4 fully saturated rings. The molecule has 1 saturated heterocycles. The number of likely N-dealkylation sites (N-methyl/N-ethyl adjacent to an activating group) is 1. The molecule has 9 atom stereocenters. The first-order valence-corrected chi connectivity index (χ1v) is 19.4. The Kier molecular flexibility index (Phi) is 12.9. The summed E-state index contributed by atoms with van der Waals surface area (Å²) in [4.78, 5) is 38.4. The van der Waals surface area contributed by atoms with E-state index in [1.54, 1.807) is 19.1 Å². The molecule has 294 valence electrons. The molecule has 11 heteroatoms. The van der Waals surface area contributed by atoms with Gasteiger partial charge in [-0.3, -0.25) is 14.4 Å². The summed E-state index contributed by atoms with van der Waals surface area (Å²) in [7, 11) is 9.54. The molecule has 6 rings (SSSR count). The highest BCUT2D eigenvalue weighted by atomic mass is 16.7. The minimum atomic E-state index is -0.895. The van der Waals surface area contributed by atoms with Gasteiger partial charge < -0.3 is 35.4 Å². The van der Waals surface area contributed by atoms with Gasteiger partial charge in [0.2, 0.25) is 5.91 Å². The van der Waals surface area contributed by atoms with Crippen molar-refractivity contribution in [3.05, 3.63) is 47.5 Å². The third-order valence-corrected chi connectivity index (χ3v) is 12.4. The predicted octanol–water partition coefficient (Wildman–Crippen LogP) is 4.79. The normalized spacial score (nSPS) is 27.6. The average molecular weight is 736 g/mol. The molecule has 3 saturated carbocycles. The van der Waals surface area contributed by atoms with Crippen LogP contribution < -0.4 is 20.3 Å². The fourth-order valence-electron chi connectivity index (χ4n) is 9.44. The van der Waals surface area contributed by atoms with Crippen molar-refractivity contribution < 1.29 is 29.4 Å². The van der Waals surface area contributed by atoms with E-state index in [2.05, 4.69) is 50.2 Å². The smallest absolute Gasteiger partial charge is 0.251 e. The summed E-state index contributed by atoms with van der Waals surface area (Å²) in [5, 5.41) is 29.5. The summed E-state index contributed by atoms with van der Waals surface area (Å²) in [6.45, 7) is 13.5. The van der Waals surface area contributed by atoms with E-state index in [-0.39, 0.29) is 42.5 Å². The van der Waals surface area contributed by atoms with E-state index in [1.165, 1.54) is 6.42 Å². The molecule has 2 aromatic carbocycles. The van der Waals surface area contributed by atoms with Crippen LogP contribution >= 0.6 is 0 Å². The highest BCUT2D eigenvalue weighted by Crippen LogP contribution is 2.61. The maximum Gasteiger partial charge on any atom is 0.251 e. The quantitative estimate of drug-likeness (QED) is 0.204. The van der Waals surface area contributed by atoms with E-state index < -0.39 is 24.2 Å². The van der Waals surface area contributed by atoms with Crippen LogP contribution in [0, 0.1) is 35.0 Å². The highest BCUT2D eigenvalue weighted by Gasteiger charge is 2.57. The molecule has 0 radical (unpaired) electrons. The monoisotopic (exact) mass is 735 g/mol. The van der Waals surface area contributed by atoms with Gasteiger partial charge in [0.15, 0.2) is 0 Å². The molecule has 3 aliphatic carbocycles. The summed E-state index contributed by atoms with van der Waals surface area (Å²) < 4.78 is 6.09. The number of ether oxygens (including phenoxy) is 1. The Hall–Kier alpha value is -3.22. The molecule has 2 amide bonds. The highest BCUT2D eigenvalue weighted by molar-refractivity contribution is 5.97. The number of rotatable bonds is 15. The van der Waals surface area contributed by atoms with E-state index >= 15 is 0 Å². The van der Waals surface area contributed by atoms with Gasteiger partial charge in [0.1, 0.15) is 17.9 Å². The van der Waals surface area contributed by atoms with Crippen LogP contribution in [0.2, 0.25) is 0 Å². The Morgan fingerprint density at radius 2 is 1.81 bits per heavy atom. The molecule has 0 spiro atoms. The largest absolute Gasteiger partial charge is 0.496 e. The Labute approximate surface area is 317 Å². The summed E-state index contributed by atoms with van der Waals surface area (Å²) in [5.41, 5.74) is 4.08. The Bertz CT molecular complexity index is 1580. The van der Waals surface area contributed by atoms with Gasteiger partial charge in [-0.25, -0.2) is 0 Å². The van der Waals surface area contributed by atoms with Gasteiger partial charge in [-0.05, 0) is 93.1 Å². The number of carbonyl (C=O) groups is 2. The zero-order valence-corrected chi connectivity index (χ0v) is 33.8. The minimum Gasteiger partial charge on any atom is -0.496 e. The maximum atomic E-state index is 14.3. The number of fused-ring (bicyclic) bond motifs is 2. The number of para-hydroxylation sites is 1. The SMILES string of the molecule is COc1c(CN2O[C@@H](CO)[C@@H]([C@H](C)O)[C@H]2C(=O)N[C@H]2C[C@H]3C[C@@H]([C@@H]2C)C3(C)C)cccc1-c1cc(C(=O)N[C@@H](CC(C)C)CN(C)C)cc(N(C)C)c1. The number of amides is 2. The lowest BCUT2D eigenvalue weighted by Crippen LogP contribution is -2.62. The number of anilines is 1. The number of aliphatic hydroxyl groups excluding tert-OH is 2. The van der Waals surface area contributed by atoms with Crippen LogP contribution in [0.4, 0.5) is 5.69 Å². The zero-order chi connectivity index (χ0) is 38.9. The number of nitrogens with zero attached hydrogens (tertiary/aromatic N) is 3. The van der Waals surface area contributed by atoms with Crippen LogP contribution in [-0.2, 0) is 16.2 Å². The Morgan fingerprint density at radius 1 is 1.09 bits per heavy atom. The van der Waals surface area contributed by atoms with Crippen LogP contribution in [0.1, 0.15) is 76.7 Å². The summed E-state index contributed by atoms with van der Waals surface area (Å²) in [6, 6.07) is 10.9. The summed E-state index contributed by atoms with van der Waals surface area (Å²) >= 11 is 0. The number of hydrogen-bond acceptors (Lipinski definition) is 9. The first-order valence-electron chi connectivity index (χ1n) is 19.4. The second kappa shape index (κ2) is 16.7. The number of nitrogens with one attached hydrogen (secondary N) is 2. The number of hydrogen-bond donors (Lipinski definition) is 4. The van der Waals surface area contributed by atoms with Crippen molar-refractivity contribution in [1.29, 1.82) is 0 Å². The van der Waals surface area contributed by atoms with E-state index in [4.69, 9.17) is 9.57 Å². The average Bonchev–Trinajstić information content (AvgIpc) is 3.46. The van der Waals surface area contributed by atoms with Gasteiger partial charge >= 0.3 is 0 Å². The van der Waals surface area contributed by atoms with Crippen molar-refractivity contribution in [1.82, 2.24) is 20.6 Å². The van der Waals surface area contributed by atoms with E-state index in [0.29, 0.717) is 35.0 Å². The molecule has 2 aromatic rings. The first-order chi connectivity index (χ1) is 25.0. The molecule has 0 unspecified atom stereocenters.